The van der Waals surface area contributed by atoms with E-state index in [2.05, 4.69) is 15.6 Å². The second-order valence-electron chi connectivity index (χ2n) is 7.26. The standard InChI is InChI=1S/C22H17ClF2N4O3/c23-18-17(6-9-27-19(18)26)32-16-5-4-14(11-15(16)25)29-21(31)22(7-8-22)20(30)28-13-3-1-2-12(24)10-13/h1-6,9-11H,7-8H2,(H2,26,27)(H,28,30)(H,29,31). The fraction of sp³-hybridized carbons (Fsp3) is 0.136. The number of nitrogens with zero attached hydrogens (tertiary/aromatic N) is 1. The van der Waals surface area contributed by atoms with Gasteiger partial charge in [0, 0.05) is 29.7 Å². The molecule has 1 aliphatic carbocycles. The summed E-state index contributed by atoms with van der Waals surface area (Å²) in [5, 5.41) is 5.14. The van der Waals surface area contributed by atoms with Gasteiger partial charge in [0.1, 0.15) is 22.1 Å². The van der Waals surface area contributed by atoms with Gasteiger partial charge in [-0.05, 0) is 43.2 Å². The average molecular weight is 459 g/mol. The van der Waals surface area contributed by atoms with Crippen LogP contribution in [0.2, 0.25) is 5.02 Å². The highest BCUT2D eigenvalue weighted by atomic mass is 35.5. The van der Waals surface area contributed by atoms with Crippen LogP contribution >= 0.6 is 11.6 Å². The lowest BCUT2D eigenvalue weighted by molar-refractivity contribution is -0.131. The third-order valence-electron chi connectivity index (χ3n) is 4.99. The third-order valence-corrected chi connectivity index (χ3v) is 5.37. The van der Waals surface area contributed by atoms with E-state index in [0.717, 1.165) is 12.1 Å². The van der Waals surface area contributed by atoms with Gasteiger partial charge in [-0.25, -0.2) is 13.8 Å². The van der Waals surface area contributed by atoms with Gasteiger partial charge in [0.05, 0.1) is 0 Å². The number of nitrogen functional groups attached to an aromatic ring is 1. The molecule has 1 aromatic heterocycles. The molecule has 0 radical (unpaired) electrons. The molecule has 4 N–H and O–H groups in total. The zero-order chi connectivity index (χ0) is 22.9. The van der Waals surface area contributed by atoms with E-state index in [1.807, 2.05) is 0 Å². The summed E-state index contributed by atoms with van der Waals surface area (Å²) in [6.45, 7) is 0. The second-order valence-corrected chi connectivity index (χ2v) is 7.63. The van der Waals surface area contributed by atoms with Crippen LogP contribution in [0.15, 0.2) is 54.7 Å². The van der Waals surface area contributed by atoms with E-state index in [1.54, 1.807) is 0 Å². The van der Waals surface area contributed by atoms with Crippen molar-refractivity contribution >= 4 is 40.6 Å². The summed E-state index contributed by atoms with van der Waals surface area (Å²) < 4.78 is 33.3. The van der Waals surface area contributed by atoms with Crippen LogP contribution in [0.1, 0.15) is 12.8 Å². The van der Waals surface area contributed by atoms with E-state index in [4.69, 9.17) is 22.1 Å². The predicted octanol–water partition coefficient (Wildman–Crippen LogP) is 4.75. The predicted molar refractivity (Wildman–Crippen MR) is 115 cm³/mol. The smallest absolute Gasteiger partial charge is 0.240 e. The number of halogens is 3. The number of ether oxygens (including phenoxy) is 1. The van der Waals surface area contributed by atoms with Gasteiger partial charge in [-0.2, -0.15) is 0 Å². The average Bonchev–Trinajstić information content (AvgIpc) is 3.55. The molecule has 2 amide bonds. The van der Waals surface area contributed by atoms with E-state index in [1.165, 1.54) is 42.6 Å². The van der Waals surface area contributed by atoms with E-state index in [0.29, 0.717) is 12.8 Å². The van der Waals surface area contributed by atoms with Gasteiger partial charge in [0.2, 0.25) is 11.8 Å². The zero-order valence-corrected chi connectivity index (χ0v) is 17.2. The molecule has 164 valence electrons. The highest BCUT2D eigenvalue weighted by Gasteiger charge is 2.56. The fourth-order valence-corrected chi connectivity index (χ4v) is 3.20. The first-order valence-corrected chi connectivity index (χ1v) is 9.92. The number of nitrogens with two attached hydrogens (primary N) is 1. The van der Waals surface area contributed by atoms with Crippen molar-refractivity contribution in [3.8, 4) is 11.5 Å². The first-order valence-electron chi connectivity index (χ1n) is 9.54. The molecule has 0 aliphatic heterocycles. The monoisotopic (exact) mass is 458 g/mol. The summed E-state index contributed by atoms with van der Waals surface area (Å²) in [5.41, 5.74) is 4.70. The number of hydrogen-bond donors (Lipinski definition) is 3. The number of benzene rings is 2. The van der Waals surface area contributed by atoms with Crippen molar-refractivity contribution in [2.75, 3.05) is 16.4 Å². The van der Waals surface area contributed by atoms with E-state index in [9.17, 15) is 18.4 Å². The molecular formula is C22H17ClF2N4O3. The minimum absolute atomic E-state index is 0.0414. The first kappa shape index (κ1) is 21.5. The van der Waals surface area contributed by atoms with Gasteiger partial charge in [-0.15, -0.1) is 0 Å². The van der Waals surface area contributed by atoms with Crippen LogP contribution in [0.4, 0.5) is 26.0 Å². The van der Waals surface area contributed by atoms with Crippen molar-refractivity contribution in [2.45, 2.75) is 12.8 Å². The lowest BCUT2D eigenvalue weighted by atomic mass is 10.0. The molecule has 0 spiro atoms. The van der Waals surface area contributed by atoms with Gasteiger partial charge in [0.25, 0.3) is 0 Å². The molecule has 1 fully saturated rings. The summed E-state index contributed by atoms with van der Waals surface area (Å²) in [6.07, 6.45) is 2.02. The molecule has 3 aromatic rings. The number of aromatic nitrogens is 1. The van der Waals surface area contributed by atoms with E-state index < -0.39 is 28.9 Å². The lowest BCUT2D eigenvalue weighted by Gasteiger charge is -2.16. The van der Waals surface area contributed by atoms with Crippen molar-refractivity contribution in [1.82, 2.24) is 4.98 Å². The number of nitrogens with one attached hydrogen (secondary N) is 2. The molecule has 0 atom stereocenters. The quantitative estimate of drug-likeness (QED) is 0.462. The van der Waals surface area contributed by atoms with Crippen molar-refractivity contribution in [1.29, 1.82) is 0 Å². The third kappa shape index (κ3) is 4.33. The van der Waals surface area contributed by atoms with Crippen molar-refractivity contribution in [3.05, 3.63) is 71.4 Å². The molecule has 0 saturated heterocycles. The first-order chi connectivity index (χ1) is 15.3. The Morgan fingerprint density at radius 2 is 1.69 bits per heavy atom. The van der Waals surface area contributed by atoms with Gasteiger partial charge < -0.3 is 21.1 Å². The summed E-state index contributed by atoms with van der Waals surface area (Å²) in [4.78, 5) is 29.1. The highest BCUT2D eigenvalue weighted by Crippen LogP contribution is 2.47. The second kappa shape index (κ2) is 8.43. The Kier molecular flexibility index (Phi) is 5.67. The van der Waals surface area contributed by atoms with Crippen LogP contribution in [0.5, 0.6) is 11.5 Å². The number of carbonyl (C=O) groups is 2. The normalized spacial score (nSPS) is 13.8. The number of pyridine rings is 1. The van der Waals surface area contributed by atoms with Crippen molar-refractivity contribution in [2.24, 2.45) is 5.41 Å². The molecular weight excluding hydrogens is 442 g/mol. The van der Waals surface area contributed by atoms with Crippen molar-refractivity contribution in [3.63, 3.8) is 0 Å². The summed E-state index contributed by atoms with van der Waals surface area (Å²) in [6, 6.07) is 10.6. The van der Waals surface area contributed by atoms with Gasteiger partial charge in [-0.3, -0.25) is 9.59 Å². The van der Waals surface area contributed by atoms with Crippen LogP contribution in [0.3, 0.4) is 0 Å². The highest BCUT2D eigenvalue weighted by molar-refractivity contribution is 6.34. The molecule has 4 rings (SSSR count). The molecule has 1 saturated carbocycles. The molecule has 7 nitrogen and oxygen atoms in total. The van der Waals surface area contributed by atoms with Gasteiger partial charge in [0.15, 0.2) is 17.3 Å². The molecule has 1 aliphatic rings. The zero-order valence-electron chi connectivity index (χ0n) is 16.5. The van der Waals surface area contributed by atoms with Crippen LogP contribution in [-0.2, 0) is 9.59 Å². The van der Waals surface area contributed by atoms with Crippen LogP contribution < -0.4 is 21.1 Å². The summed E-state index contributed by atoms with van der Waals surface area (Å²) in [7, 11) is 0. The Labute approximate surface area is 186 Å². The van der Waals surface area contributed by atoms with Crippen LogP contribution in [0.25, 0.3) is 0 Å². The minimum atomic E-state index is -1.29. The lowest BCUT2D eigenvalue weighted by Crippen LogP contribution is -2.35. The maximum Gasteiger partial charge on any atom is 0.240 e. The van der Waals surface area contributed by atoms with Crippen LogP contribution in [-0.4, -0.2) is 16.8 Å². The Hall–Kier alpha value is -3.72. The maximum absolute atomic E-state index is 14.5. The summed E-state index contributed by atoms with van der Waals surface area (Å²) in [5.74, 6) is -2.37. The molecule has 0 bridgehead atoms. The van der Waals surface area contributed by atoms with Crippen molar-refractivity contribution < 1.29 is 23.1 Å². The number of carbonyl (C=O) groups excluding carboxylic acids is 2. The van der Waals surface area contributed by atoms with E-state index in [-0.39, 0.29) is 33.7 Å². The van der Waals surface area contributed by atoms with E-state index >= 15 is 0 Å². The number of rotatable bonds is 6. The number of amides is 2. The largest absolute Gasteiger partial charge is 0.453 e. The Balaban J connectivity index is 1.44. The maximum atomic E-state index is 14.5. The minimum Gasteiger partial charge on any atom is -0.453 e. The molecule has 2 aromatic carbocycles. The van der Waals surface area contributed by atoms with Gasteiger partial charge in [-0.1, -0.05) is 17.7 Å². The Morgan fingerprint density at radius 3 is 2.31 bits per heavy atom. The molecule has 32 heavy (non-hydrogen) atoms. The van der Waals surface area contributed by atoms with Gasteiger partial charge >= 0.3 is 0 Å². The number of hydrogen-bond acceptors (Lipinski definition) is 5. The number of anilines is 3. The SMILES string of the molecule is Nc1nccc(Oc2ccc(NC(=O)C3(C(=O)Nc4cccc(F)c4)CC3)cc2F)c1Cl. The molecule has 1 heterocycles. The molecule has 0 unspecified atom stereocenters. The van der Waals surface area contributed by atoms with Crippen LogP contribution in [0, 0.1) is 17.0 Å². The molecule has 10 heteroatoms. The Morgan fingerprint density at radius 1 is 1.00 bits per heavy atom. The Bertz CT molecular complexity index is 1220. The fourth-order valence-electron chi connectivity index (χ4n) is 3.05. The topological polar surface area (TPSA) is 106 Å². The summed E-state index contributed by atoms with van der Waals surface area (Å²) >= 11 is 6.00.